The van der Waals surface area contributed by atoms with Gasteiger partial charge in [0.25, 0.3) is 5.91 Å². The van der Waals surface area contributed by atoms with Crippen molar-refractivity contribution >= 4 is 23.6 Å². The van der Waals surface area contributed by atoms with Gasteiger partial charge in [-0.3, -0.25) is 4.79 Å². The first-order chi connectivity index (χ1) is 9.15. The molecule has 106 valence electrons. The van der Waals surface area contributed by atoms with Crippen LogP contribution in [0.2, 0.25) is 0 Å². The van der Waals surface area contributed by atoms with E-state index in [1.54, 1.807) is 18.7 Å². The Hall–Kier alpha value is -1.15. The van der Waals surface area contributed by atoms with Gasteiger partial charge in [0.2, 0.25) is 0 Å². The maximum Gasteiger partial charge on any atom is 0.329 e. The lowest BCUT2D eigenvalue weighted by Gasteiger charge is -2.26. The van der Waals surface area contributed by atoms with E-state index in [-0.39, 0.29) is 11.3 Å². The molecule has 1 heterocycles. The molecule has 5 heteroatoms. The van der Waals surface area contributed by atoms with Crippen LogP contribution in [0, 0.1) is 12.3 Å². The standard InChI is InChI=1S/C14H21NO3S/c1-4-7-8-9-13-15(12(16)5-2)11(10-19-13)14(17)18-6-3/h2,11,13H,4,6-10H2,1,3H3/t11-,13?/m1/s1. The molecule has 1 aliphatic heterocycles. The van der Waals surface area contributed by atoms with Gasteiger partial charge in [0.15, 0.2) is 0 Å². The quantitative estimate of drug-likeness (QED) is 0.425. The molecule has 19 heavy (non-hydrogen) atoms. The molecule has 4 nitrogen and oxygen atoms in total. The minimum atomic E-state index is -0.528. The van der Waals surface area contributed by atoms with E-state index in [1.807, 2.05) is 0 Å². The van der Waals surface area contributed by atoms with Crippen LogP contribution < -0.4 is 0 Å². The summed E-state index contributed by atoms with van der Waals surface area (Å²) in [6, 6.07) is -0.528. The number of carbonyl (C=O) groups is 2. The van der Waals surface area contributed by atoms with Crippen molar-refractivity contribution in [3.63, 3.8) is 0 Å². The molecule has 1 amide bonds. The van der Waals surface area contributed by atoms with E-state index in [2.05, 4.69) is 12.8 Å². The predicted molar refractivity (Wildman–Crippen MR) is 76.5 cm³/mol. The molecule has 0 aliphatic carbocycles. The van der Waals surface area contributed by atoms with Gasteiger partial charge < -0.3 is 9.64 Å². The number of terminal acetylenes is 1. The van der Waals surface area contributed by atoms with E-state index < -0.39 is 11.9 Å². The second kappa shape index (κ2) is 8.11. The second-order valence-electron chi connectivity index (χ2n) is 4.41. The van der Waals surface area contributed by atoms with Crippen LogP contribution in [0.3, 0.4) is 0 Å². The van der Waals surface area contributed by atoms with Gasteiger partial charge in [0, 0.05) is 5.75 Å². The Morgan fingerprint density at radius 2 is 2.16 bits per heavy atom. The normalized spacial score (nSPS) is 22.1. The number of rotatable bonds is 6. The van der Waals surface area contributed by atoms with Crippen LogP contribution in [0.4, 0.5) is 0 Å². The summed E-state index contributed by atoms with van der Waals surface area (Å²) in [5.74, 6) is 1.93. The lowest BCUT2D eigenvalue weighted by molar-refractivity contribution is -0.152. The highest BCUT2D eigenvalue weighted by molar-refractivity contribution is 8.00. The number of amides is 1. The molecule has 2 atom stereocenters. The fourth-order valence-electron chi connectivity index (χ4n) is 2.12. The summed E-state index contributed by atoms with van der Waals surface area (Å²) in [6.45, 7) is 4.21. The van der Waals surface area contributed by atoms with Gasteiger partial charge in [-0.15, -0.1) is 18.2 Å². The Labute approximate surface area is 119 Å². The van der Waals surface area contributed by atoms with Crippen LogP contribution in [-0.4, -0.2) is 40.6 Å². The van der Waals surface area contributed by atoms with Crippen LogP contribution >= 0.6 is 11.8 Å². The molecule has 0 spiro atoms. The fourth-order valence-corrected chi connectivity index (χ4v) is 3.56. The largest absolute Gasteiger partial charge is 0.464 e. The smallest absolute Gasteiger partial charge is 0.329 e. The van der Waals surface area contributed by atoms with Crippen LogP contribution in [0.1, 0.15) is 39.5 Å². The van der Waals surface area contributed by atoms with Crippen molar-refractivity contribution in [2.45, 2.75) is 50.9 Å². The Morgan fingerprint density at radius 3 is 2.74 bits per heavy atom. The molecule has 1 saturated heterocycles. The van der Waals surface area contributed by atoms with Crippen LogP contribution in [0.5, 0.6) is 0 Å². The van der Waals surface area contributed by atoms with Crippen molar-refractivity contribution in [2.75, 3.05) is 12.4 Å². The first-order valence-corrected chi connectivity index (χ1v) is 7.77. The second-order valence-corrected chi connectivity index (χ2v) is 5.62. The molecule has 0 aromatic rings. The van der Waals surface area contributed by atoms with Crippen molar-refractivity contribution in [1.29, 1.82) is 0 Å². The summed E-state index contributed by atoms with van der Waals surface area (Å²) in [5.41, 5.74) is 0. The zero-order chi connectivity index (χ0) is 14.3. The van der Waals surface area contributed by atoms with Crippen LogP contribution in [0.25, 0.3) is 0 Å². The first kappa shape index (κ1) is 15.9. The van der Waals surface area contributed by atoms with Crippen molar-refractivity contribution in [3.8, 4) is 12.3 Å². The van der Waals surface area contributed by atoms with Gasteiger partial charge in [-0.2, -0.15) is 0 Å². The molecule has 0 saturated carbocycles. The van der Waals surface area contributed by atoms with Crippen molar-refractivity contribution in [1.82, 2.24) is 4.90 Å². The number of ether oxygens (including phenoxy) is 1. The average molecular weight is 283 g/mol. The number of hydrogen-bond donors (Lipinski definition) is 0. The molecule has 1 rings (SSSR count). The lowest BCUT2D eigenvalue weighted by Crippen LogP contribution is -2.45. The summed E-state index contributed by atoms with van der Waals surface area (Å²) in [5, 5.41) is 0.00417. The molecule has 1 unspecified atom stereocenters. The molecule has 0 aromatic heterocycles. The number of thioether (sulfide) groups is 1. The van der Waals surface area contributed by atoms with Crippen molar-refractivity contribution < 1.29 is 14.3 Å². The topological polar surface area (TPSA) is 46.6 Å². The zero-order valence-corrected chi connectivity index (χ0v) is 12.4. The minimum absolute atomic E-state index is 0.00417. The highest BCUT2D eigenvalue weighted by atomic mass is 32.2. The van der Waals surface area contributed by atoms with Crippen molar-refractivity contribution in [3.05, 3.63) is 0 Å². The summed E-state index contributed by atoms with van der Waals surface area (Å²) >= 11 is 1.62. The third kappa shape index (κ3) is 4.17. The van der Waals surface area contributed by atoms with Crippen molar-refractivity contribution in [2.24, 2.45) is 0 Å². The summed E-state index contributed by atoms with van der Waals surface area (Å²) in [7, 11) is 0. The van der Waals surface area contributed by atoms with E-state index in [1.165, 1.54) is 4.90 Å². The zero-order valence-electron chi connectivity index (χ0n) is 11.6. The maximum atomic E-state index is 11.9. The Kier molecular flexibility index (Phi) is 6.79. The molecule has 1 fully saturated rings. The summed E-state index contributed by atoms with van der Waals surface area (Å²) in [6.07, 6.45) is 9.37. The molecule has 0 bridgehead atoms. The van der Waals surface area contributed by atoms with Crippen LogP contribution in [0.15, 0.2) is 0 Å². The molecule has 1 aliphatic rings. The first-order valence-electron chi connectivity index (χ1n) is 6.72. The SMILES string of the molecule is C#CC(=O)N1C(CCCCC)SC[C@@H]1C(=O)OCC. The fraction of sp³-hybridized carbons (Fsp3) is 0.714. The maximum absolute atomic E-state index is 11.9. The molecular weight excluding hydrogens is 262 g/mol. The summed E-state index contributed by atoms with van der Waals surface area (Å²) < 4.78 is 5.01. The van der Waals surface area contributed by atoms with E-state index in [0.29, 0.717) is 12.4 Å². The number of nitrogens with zero attached hydrogens (tertiary/aromatic N) is 1. The number of unbranched alkanes of at least 4 members (excludes halogenated alkanes) is 2. The monoisotopic (exact) mass is 283 g/mol. The molecule has 0 radical (unpaired) electrons. The van der Waals surface area contributed by atoms with Crippen LogP contribution in [-0.2, 0) is 14.3 Å². The molecular formula is C14H21NO3S. The third-order valence-corrected chi connectivity index (χ3v) is 4.42. The van der Waals surface area contributed by atoms with E-state index in [0.717, 1.165) is 25.7 Å². The molecule has 0 aromatic carbocycles. The van der Waals surface area contributed by atoms with Gasteiger partial charge in [-0.1, -0.05) is 26.2 Å². The minimum Gasteiger partial charge on any atom is -0.464 e. The number of esters is 1. The number of carbonyl (C=O) groups excluding carboxylic acids is 2. The van der Waals surface area contributed by atoms with Gasteiger partial charge in [0.1, 0.15) is 6.04 Å². The third-order valence-electron chi connectivity index (χ3n) is 3.06. The van der Waals surface area contributed by atoms with Gasteiger partial charge in [0.05, 0.1) is 12.0 Å². The van der Waals surface area contributed by atoms with E-state index >= 15 is 0 Å². The Balaban J connectivity index is 2.71. The van der Waals surface area contributed by atoms with Gasteiger partial charge in [-0.05, 0) is 19.3 Å². The van der Waals surface area contributed by atoms with E-state index in [4.69, 9.17) is 11.2 Å². The Morgan fingerprint density at radius 1 is 1.42 bits per heavy atom. The average Bonchev–Trinajstić information content (AvgIpc) is 2.82. The van der Waals surface area contributed by atoms with Gasteiger partial charge >= 0.3 is 5.97 Å². The highest BCUT2D eigenvalue weighted by Crippen LogP contribution is 2.33. The van der Waals surface area contributed by atoms with Gasteiger partial charge in [-0.25, -0.2) is 4.79 Å². The summed E-state index contributed by atoms with van der Waals surface area (Å²) in [4.78, 5) is 25.2. The Bertz CT molecular complexity index is 364. The predicted octanol–water partition coefficient (Wildman–Crippen LogP) is 2.03. The van der Waals surface area contributed by atoms with E-state index in [9.17, 15) is 9.59 Å². The highest BCUT2D eigenvalue weighted by Gasteiger charge is 2.41. The lowest BCUT2D eigenvalue weighted by atomic mass is 10.1. The number of hydrogen-bond acceptors (Lipinski definition) is 4. The molecule has 0 N–H and O–H groups in total.